The van der Waals surface area contributed by atoms with Crippen molar-refractivity contribution < 1.29 is 4.74 Å². The van der Waals surface area contributed by atoms with Crippen LogP contribution in [0.4, 0.5) is 0 Å². The summed E-state index contributed by atoms with van der Waals surface area (Å²) < 4.78 is 5.99. The number of rotatable bonds is 3. The number of hydrogen-bond donors (Lipinski definition) is 1. The largest absolute Gasteiger partial charge is 0.489 e. The van der Waals surface area contributed by atoms with Gasteiger partial charge in [0.05, 0.1) is 11.1 Å². The van der Waals surface area contributed by atoms with Gasteiger partial charge in [-0.05, 0) is 37.8 Å². The molecular weight excluding hydrogens is 257 g/mol. The summed E-state index contributed by atoms with van der Waals surface area (Å²) >= 11 is 12.1. The van der Waals surface area contributed by atoms with Gasteiger partial charge in [0, 0.05) is 17.1 Å². The Bertz CT molecular complexity index is 389. The van der Waals surface area contributed by atoms with E-state index in [0.29, 0.717) is 22.3 Å². The minimum atomic E-state index is 0.271. The molecule has 1 aromatic carbocycles. The van der Waals surface area contributed by atoms with Gasteiger partial charge in [-0.25, -0.2) is 0 Å². The molecule has 0 radical (unpaired) electrons. The van der Waals surface area contributed by atoms with Gasteiger partial charge in [0.1, 0.15) is 5.75 Å². The Labute approximate surface area is 112 Å². The summed E-state index contributed by atoms with van der Waals surface area (Å²) in [4.78, 5) is 0. The van der Waals surface area contributed by atoms with E-state index in [9.17, 15) is 0 Å². The van der Waals surface area contributed by atoms with Crippen molar-refractivity contribution in [1.29, 1.82) is 0 Å². The molecule has 2 N–H and O–H groups in total. The molecule has 1 aliphatic carbocycles. The SMILES string of the molecule is NCc1cc(Cl)cc(Cl)c1OC1CCCCC1. The van der Waals surface area contributed by atoms with Crippen LogP contribution in [0.25, 0.3) is 0 Å². The highest BCUT2D eigenvalue weighted by atomic mass is 35.5. The molecule has 1 aromatic rings. The van der Waals surface area contributed by atoms with Gasteiger partial charge in [-0.2, -0.15) is 0 Å². The summed E-state index contributed by atoms with van der Waals surface area (Å²) in [6.45, 7) is 0.391. The summed E-state index contributed by atoms with van der Waals surface area (Å²) in [5, 5.41) is 1.16. The van der Waals surface area contributed by atoms with Crippen molar-refractivity contribution in [2.45, 2.75) is 44.8 Å². The summed E-state index contributed by atoms with van der Waals surface area (Å²) in [5.41, 5.74) is 6.58. The zero-order chi connectivity index (χ0) is 12.3. The summed E-state index contributed by atoms with van der Waals surface area (Å²) in [6.07, 6.45) is 6.23. The Hall–Kier alpha value is -0.440. The number of benzene rings is 1. The fourth-order valence-electron chi connectivity index (χ4n) is 2.25. The maximum absolute atomic E-state index is 6.17. The quantitative estimate of drug-likeness (QED) is 0.898. The van der Waals surface area contributed by atoms with E-state index in [-0.39, 0.29) is 6.10 Å². The second-order valence-electron chi connectivity index (χ2n) is 4.46. The fraction of sp³-hybridized carbons (Fsp3) is 0.538. The topological polar surface area (TPSA) is 35.2 Å². The average Bonchev–Trinajstić information content (AvgIpc) is 2.33. The molecule has 0 aromatic heterocycles. The lowest BCUT2D eigenvalue weighted by atomic mass is 9.97. The average molecular weight is 274 g/mol. The van der Waals surface area contributed by atoms with Crippen molar-refractivity contribution in [3.63, 3.8) is 0 Å². The first-order valence-corrected chi connectivity index (χ1v) is 6.81. The number of ether oxygens (including phenoxy) is 1. The Morgan fingerprint density at radius 2 is 1.88 bits per heavy atom. The summed E-state index contributed by atoms with van der Waals surface area (Å²) in [7, 11) is 0. The Kier molecular flexibility index (Phi) is 4.55. The van der Waals surface area contributed by atoms with Gasteiger partial charge < -0.3 is 10.5 Å². The molecule has 2 nitrogen and oxygen atoms in total. The molecule has 0 unspecified atom stereocenters. The molecular formula is C13H17Cl2NO. The van der Waals surface area contributed by atoms with Gasteiger partial charge in [-0.15, -0.1) is 0 Å². The van der Waals surface area contributed by atoms with Gasteiger partial charge in [-0.3, -0.25) is 0 Å². The first-order valence-electron chi connectivity index (χ1n) is 6.05. The smallest absolute Gasteiger partial charge is 0.142 e. The first-order chi connectivity index (χ1) is 8.20. The standard InChI is InChI=1S/C13H17Cl2NO/c14-10-6-9(8-16)13(12(15)7-10)17-11-4-2-1-3-5-11/h6-7,11H,1-5,8,16H2. The van der Waals surface area contributed by atoms with Crippen LogP contribution in [0.3, 0.4) is 0 Å². The van der Waals surface area contributed by atoms with Crippen molar-refractivity contribution in [2.75, 3.05) is 0 Å². The van der Waals surface area contributed by atoms with E-state index < -0.39 is 0 Å². The second-order valence-corrected chi connectivity index (χ2v) is 5.30. The van der Waals surface area contributed by atoms with Gasteiger partial charge in [-0.1, -0.05) is 29.6 Å². The highest BCUT2D eigenvalue weighted by molar-refractivity contribution is 6.35. The molecule has 0 aliphatic heterocycles. The Balaban J connectivity index is 2.18. The van der Waals surface area contributed by atoms with Crippen molar-refractivity contribution >= 4 is 23.2 Å². The molecule has 1 saturated carbocycles. The summed E-state index contributed by atoms with van der Waals surface area (Å²) in [6, 6.07) is 3.53. The van der Waals surface area contributed by atoms with Gasteiger partial charge in [0.25, 0.3) is 0 Å². The van der Waals surface area contributed by atoms with Crippen molar-refractivity contribution in [3.8, 4) is 5.75 Å². The minimum absolute atomic E-state index is 0.271. The predicted molar refractivity (Wildman–Crippen MR) is 71.9 cm³/mol. The van der Waals surface area contributed by atoms with Crippen LogP contribution in [-0.4, -0.2) is 6.10 Å². The third-order valence-corrected chi connectivity index (χ3v) is 3.64. The lowest BCUT2D eigenvalue weighted by molar-refractivity contribution is 0.153. The highest BCUT2D eigenvalue weighted by Crippen LogP contribution is 2.34. The molecule has 2 rings (SSSR count). The molecule has 4 heteroatoms. The zero-order valence-electron chi connectivity index (χ0n) is 9.72. The molecule has 1 fully saturated rings. The van der Waals surface area contributed by atoms with Gasteiger partial charge in [0.2, 0.25) is 0 Å². The van der Waals surface area contributed by atoms with E-state index in [1.54, 1.807) is 6.07 Å². The third kappa shape index (κ3) is 3.27. The molecule has 0 amide bonds. The van der Waals surface area contributed by atoms with Gasteiger partial charge >= 0.3 is 0 Å². The van der Waals surface area contributed by atoms with Crippen LogP contribution in [0.5, 0.6) is 5.75 Å². The molecule has 0 atom stereocenters. The van der Waals surface area contributed by atoms with Crippen LogP contribution >= 0.6 is 23.2 Å². The lowest BCUT2D eigenvalue weighted by Gasteiger charge is -2.25. The van der Waals surface area contributed by atoms with Crippen LogP contribution in [0, 0.1) is 0 Å². The van der Waals surface area contributed by atoms with Crippen LogP contribution in [0.2, 0.25) is 10.0 Å². The Morgan fingerprint density at radius 1 is 1.18 bits per heavy atom. The minimum Gasteiger partial charge on any atom is -0.489 e. The van der Waals surface area contributed by atoms with Crippen molar-refractivity contribution in [1.82, 2.24) is 0 Å². The molecule has 0 heterocycles. The predicted octanol–water partition coefficient (Wildman–Crippen LogP) is 4.16. The van der Waals surface area contributed by atoms with Gasteiger partial charge in [0.15, 0.2) is 0 Å². The molecule has 0 saturated heterocycles. The highest BCUT2D eigenvalue weighted by Gasteiger charge is 2.18. The maximum Gasteiger partial charge on any atom is 0.142 e. The molecule has 0 bridgehead atoms. The number of nitrogens with two attached hydrogens (primary N) is 1. The first kappa shape index (κ1) is 13.0. The van der Waals surface area contributed by atoms with E-state index in [4.69, 9.17) is 33.7 Å². The lowest BCUT2D eigenvalue weighted by Crippen LogP contribution is -2.20. The van der Waals surface area contributed by atoms with E-state index in [2.05, 4.69) is 0 Å². The van der Waals surface area contributed by atoms with E-state index in [0.717, 1.165) is 18.4 Å². The van der Waals surface area contributed by atoms with Crippen LogP contribution < -0.4 is 10.5 Å². The molecule has 17 heavy (non-hydrogen) atoms. The monoisotopic (exact) mass is 273 g/mol. The van der Waals surface area contributed by atoms with Crippen LogP contribution in [-0.2, 0) is 6.54 Å². The summed E-state index contributed by atoms with van der Waals surface area (Å²) in [5.74, 6) is 0.713. The second kappa shape index (κ2) is 5.94. The van der Waals surface area contributed by atoms with Crippen molar-refractivity contribution in [3.05, 3.63) is 27.7 Å². The number of halogens is 2. The number of hydrogen-bond acceptors (Lipinski definition) is 2. The fourth-order valence-corrected chi connectivity index (χ4v) is 2.83. The molecule has 0 spiro atoms. The third-order valence-electron chi connectivity index (χ3n) is 3.14. The van der Waals surface area contributed by atoms with E-state index in [1.807, 2.05) is 6.07 Å². The normalized spacial score (nSPS) is 17.1. The van der Waals surface area contributed by atoms with E-state index in [1.165, 1.54) is 19.3 Å². The molecule has 1 aliphatic rings. The van der Waals surface area contributed by atoms with Crippen LogP contribution in [0.15, 0.2) is 12.1 Å². The Morgan fingerprint density at radius 3 is 2.53 bits per heavy atom. The van der Waals surface area contributed by atoms with Crippen molar-refractivity contribution in [2.24, 2.45) is 5.73 Å². The van der Waals surface area contributed by atoms with Crippen LogP contribution in [0.1, 0.15) is 37.7 Å². The van der Waals surface area contributed by atoms with E-state index >= 15 is 0 Å². The maximum atomic E-state index is 6.17. The zero-order valence-corrected chi connectivity index (χ0v) is 11.2. The molecule has 94 valence electrons.